The Hall–Kier alpha value is -3.49. The summed E-state index contributed by atoms with van der Waals surface area (Å²) in [6, 6.07) is 20.3. The maximum Gasteiger partial charge on any atom is 0.261 e. The summed E-state index contributed by atoms with van der Waals surface area (Å²) in [5, 5.41) is 5.01. The SMILES string of the molecule is O=C(NCC1CC(=O)N(c2ccc(-n3ccccc3=O)cc2)C1)c1ccc(-c2cccs2)s1. The highest BCUT2D eigenvalue weighted by molar-refractivity contribution is 7.22. The predicted octanol–water partition coefficient (Wildman–Crippen LogP) is 4.41. The van der Waals surface area contributed by atoms with Crippen molar-refractivity contribution in [1.29, 1.82) is 0 Å². The van der Waals surface area contributed by atoms with Crippen LogP contribution in [0.25, 0.3) is 15.4 Å². The normalized spacial score (nSPS) is 15.7. The lowest BCUT2D eigenvalue weighted by atomic mass is 10.1. The van der Waals surface area contributed by atoms with E-state index in [0.717, 1.165) is 21.1 Å². The molecule has 5 rings (SSSR count). The minimum atomic E-state index is -0.105. The maximum absolute atomic E-state index is 12.6. The number of nitrogens with zero attached hydrogens (tertiary/aromatic N) is 2. The van der Waals surface area contributed by atoms with Gasteiger partial charge >= 0.3 is 0 Å². The Kier molecular flexibility index (Phi) is 5.93. The van der Waals surface area contributed by atoms with E-state index in [9.17, 15) is 14.4 Å². The lowest BCUT2D eigenvalue weighted by Crippen LogP contribution is -2.30. The van der Waals surface area contributed by atoms with Crippen LogP contribution < -0.4 is 15.8 Å². The second kappa shape index (κ2) is 9.17. The largest absolute Gasteiger partial charge is 0.351 e. The van der Waals surface area contributed by atoms with Crippen molar-refractivity contribution in [3.05, 3.63) is 93.5 Å². The number of pyridine rings is 1. The van der Waals surface area contributed by atoms with Gasteiger partial charge in [0, 0.05) is 58.8 Å². The molecule has 0 bridgehead atoms. The van der Waals surface area contributed by atoms with Gasteiger partial charge in [-0.15, -0.1) is 22.7 Å². The molecule has 0 saturated carbocycles. The Bertz CT molecular complexity index is 1340. The first-order valence-electron chi connectivity index (χ1n) is 10.6. The fourth-order valence-corrected chi connectivity index (χ4v) is 5.69. The Morgan fingerprint density at radius 2 is 1.76 bits per heavy atom. The van der Waals surface area contributed by atoms with Gasteiger partial charge in [-0.2, -0.15) is 0 Å². The van der Waals surface area contributed by atoms with Crippen LogP contribution in [0.2, 0.25) is 0 Å². The Balaban J connectivity index is 1.20. The molecule has 1 aliphatic rings. The Morgan fingerprint density at radius 3 is 2.52 bits per heavy atom. The average Bonchev–Trinajstić information content (AvgIpc) is 3.59. The number of benzene rings is 1. The summed E-state index contributed by atoms with van der Waals surface area (Å²) in [6.07, 6.45) is 2.11. The molecular weight excluding hydrogens is 454 g/mol. The molecule has 0 spiro atoms. The highest BCUT2D eigenvalue weighted by atomic mass is 32.1. The second-order valence-corrected chi connectivity index (χ2v) is 9.88. The summed E-state index contributed by atoms with van der Waals surface area (Å²) in [4.78, 5) is 41.9. The van der Waals surface area contributed by atoms with E-state index < -0.39 is 0 Å². The quantitative estimate of drug-likeness (QED) is 0.449. The van der Waals surface area contributed by atoms with E-state index >= 15 is 0 Å². The van der Waals surface area contributed by atoms with E-state index in [1.165, 1.54) is 17.4 Å². The highest BCUT2D eigenvalue weighted by Gasteiger charge is 2.31. The molecule has 4 aromatic rings. The molecule has 0 aliphatic carbocycles. The maximum atomic E-state index is 12.6. The van der Waals surface area contributed by atoms with Gasteiger partial charge in [0.25, 0.3) is 11.5 Å². The van der Waals surface area contributed by atoms with Gasteiger partial charge in [-0.25, -0.2) is 0 Å². The Labute approximate surface area is 198 Å². The number of hydrogen-bond donors (Lipinski definition) is 1. The molecule has 1 atom stereocenters. The topological polar surface area (TPSA) is 71.4 Å². The molecule has 8 heteroatoms. The molecule has 166 valence electrons. The Morgan fingerprint density at radius 1 is 0.939 bits per heavy atom. The summed E-state index contributed by atoms with van der Waals surface area (Å²) in [5.74, 6) is -0.0176. The third-order valence-electron chi connectivity index (χ3n) is 5.61. The number of nitrogens with one attached hydrogen (secondary N) is 1. The molecule has 4 heterocycles. The number of carbonyl (C=O) groups is 2. The van der Waals surface area contributed by atoms with Gasteiger partial charge in [0.1, 0.15) is 0 Å². The molecule has 33 heavy (non-hydrogen) atoms. The number of aromatic nitrogens is 1. The van der Waals surface area contributed by atoms with Crippen molar-refractivity contribution in [3.8, 4) is 15.4 Å². The van der Waals surface area contributed by atoms with E-state index in [0.29, 0.717) is 24.4 Å². The molecule has 1 saturated heterocycles. The first-order valence-corrected chi connectivity index (χ1v) is 12.3. The van der Waals surface area contributed by atoms with E-state index in [-0.39, 0.29) is 23.3 Å². The molecule has 6 nitrogen and oxygen atoms in total. The van der Waals surface area contributed by atoms with Crippen LogP contribution in [0.3, 0.4) is 0 Å². The van der Waals surface area contributed by atoms with Crippen LogP contribution in [-0.2, 0) is 4.79 Å². The zero-order chi connectivity index (χ0) is 22.8. The van der Waals surface area contributed by atoms with Crippen LogP contribution in [0, 0.1) is 5.92 Å². The summed E-state index contributed by atoms with van der Waals surface area (Å²) >= 11 is 3.13. The molecule has 1 unspecified atom stereocenters. The first-order chi connectivity index (χ1) is 16.1. The third kappa shape index (κ3) is 4.53. The van der Waals surface area contributed by atoms with Crippen LogP contribution in [0.1, 0.15) is 16.1 Å². The number of thiophene rings is 2. The zero-order valence-electron chi connectivity index (χ0n) is 17.6. The van der Waals surface area contributed by atoms with Crippen molar-refractivity contribution in [2.45, 2.75) is 6.42 Å². The highest BCUT2D eigenvalue weighted by Crippen LogP contribution is 2.31. The van der Waals surface area contributed by atoms with Crippen LogP contribution in [0.4, 0.5) is 5.69 Å². The van der Waals surface area contributed by atoms with E-state index in [2.05, 4.69) is 5.32 Å². The van der Waals surface area contributed by atoms with Gasteiger partial charge in [-0.05, 0) is 53.9 Å². The van der Waals surface area contributed by atoms with Crippen LogP contribution in [-0.4, -0.2) is 29.5 Å². The van der Waals surface area contributed by atoms with Crippen molar-refractivity contribution in [3.63, 3.8) is 0 Å². The van der Waals surface area contributed by atoms with Crippen molar-refractivity contribution < 1.29 is 9.59 Å². The summed E-state index contributed by atoms with van der Waals surface area (Å²) < 4.78 is 1.56. The monoisotopic (exact) mass is 475 g/mol. The van der Waals surface area contributed by atoms with Crippen LogP contribution >= 0.6 is 22.7 Å². The third-order valence-corrected chi connectivity index (χ3v) is 7.76. The van der Waals surface area contributed by atoms with Gasteiger partial charge in [-0.1, -0.05) is 12.1 Å². The molecule has 2 amide bonds. The molecule has 1 aromatic carbocycles. The van der Waals surface area contributed by atoms with Gasteiger partial charge in [0.15, 0.2) is 0 Å². The lowest BCUT2D eigenvalue weighted by molar-refractivity contribution is -0.117. The van der Waals surface area contributed by atoms with Gasteiger partial charge < -0.3 is 10.2 Å². The first kappa shape index (κ1) is 21.4. The molecule has 1 fully saturated rings. The molecular formula is C25H21N3O3S2. The minimum absolute atomic E-state index is 0.0370. The zero-order valence-corrected chi connectivity index (χ0v) is 19.3. The summed E-state index contributed by atoms with van der Waals surface area (Å²) in [6.45, 7) is 0.999. The fourth-order valence-electron chi connectivity index (χ4n) is 3.94. The molecule has 0 radical (unpaired) electrons. The predicted molar refractivity (Wildman–Crippen MR) is 132 cm³/mol. The molecule has 3 aromatic heterocycles. The number of anilines is 1. The number of hydrogen-bond acceptors (Lipinski definition) is 5. The standard InChI is InChI=1S/C25H21N3O3S2/c29-23-5-1-2-12-27(23)18-6-8-19(9-7-18)28-16-17(14-24(28)30)15-26-25(31)22-11-10-21(33-22)20-4-3-13-32-20/h1-13,17H,14-16H2,(H,26,31). The van der Waals surface area contributed by atoms with E-state index in [1.807, 2.05) is 53.9 Å². The number of rotatable bonds is 6. The van der Waals surface area contributed by atoms with Crippen LogP contribution in [0.5, 0.6) is 0 Å². The van der Waals surface area contributed by atoms with Crippen molar-refractivity contribution in [2.75, 3.05) is 18.0 Å². The van der Waals surface area contributed by atoms with Crippen molar-refractivity contribution >= 4 is 40.2 Å². The minimum Gasteiger partial charge on any atom is -0.351 e. The molecule has 1 N–H and O–H groups in total. The summed E-state index contributed by atoms with van der Waals surface area (Å²) in [7, 11) is 0. The van der Waals surface area contributed by atoms with Gasteiger partial charge in [0.05, 0.1) is 4.88 Å². The average molecular weight is 476 g/mol. The van der Waals surface area contributed by atoms with E-state index in [1.54, 1.807) is 39.1 Å². The van der Waals surface area contributed by atoms with E-state index in [4.69, 9.17) is 0 Å². The van der Waals surface area contributed by atoms with Crippen molar-refractivity contribution in [2.24, 2.45) is 5.92 Å². The molecule has 1 aliphatic heterocycles. The lowest BCUT2D eigenvalue weighted by Gasteiger charge is -2.17. The second-order valence-electron chi connectivity index (χ2n) is 7.85. The van der Waals surface area contributed by atoms with Crippen LogP contribution in [0.15, 0.2) is 83.1 Å². The summed E-state index contributed by atoms with van der Waals surface area (Å²) in [5.41, 5.74) is 1.43. The number of carbonyl (C=O) groups excluding carboxylic acids is 2. The smallest absolute Gasteiger partial charge is 0.261 e. The van der Waals surface area contributed by atoms with Gasteiger partial charge in [0.2, 0.25) is 5.91 Å². The van der Waals surface area contributed by atoms with Gasteiger partial charge in [-0.3, -0.25) is 19.0 Å². The number of amides is 2. The van der Waals surface area contributed by atoms with Crippen molar-refractivity contribution in [1.82, 2.24) is 9.88 Å². The fraction of sp³-hybridized carbons (Fsp3) is 0.160.